The van der Waals surface area contributed by atoms with Crippen LogP contribution in [-0.4, -0.2) is 49.2 Å². The van der Waals surface area contributed by atoms with Crippen LogP contribution < -0.4 is 11.2 Å². The van der Waals surface area contributed by atoms with Gasteiger partial charge in [-0.1, -0.05) is 30.3 Å². The molecule has 0 spiro atoms. The van der Waals surface area contributed by atoms with Gasteiger partial charge in [0, 0.05) is 13.2 Å². The molecule has 0 unspecified atom stereocenters. The maximum absolute atomic E-state index is 13.1. The van der Waals surface area contributed by atoms with Crippen LogP contribution in [0, 0.1) is 0 Å². The molecule has 0 atom stereocenters. The lowest BCUT2D eigenvalue weighted by molar-refractivity contribution is -0.142. The number of nitrogens with zero attached hydrogens (tertiary/aromatic N) is 5. The molecule has 3 heterocycles. The number of aryl methyl sites for hydroxylation is 1. The van der Waals surface area contributed by atoms with E-state index >= 15 is 0 Å². The molecule has 4 aromatic rings. The Balaban J connectivity index is 2.08. The predicted molar refractivity (Wildman–Crippen MR) is 110 cm³/mol. The standard InChI is InChI=1S/C20H19N5O6/c1-22-17-16(18(28)25(20(22)29)11-15(27)31-3)24-9-13(12-7-5-4-6-8-12)23(19(24)21-17)10-14(26)30-2/h4-9H,10-11H2,1-3H3. The molecule has 11 heteroatoms. The molecule has 0 fully saturated rings. The van der Waals surface area contributed by atoms with Gasteiger partial charge in [-0.3, -0.25) is 27.9 Å². The molecule has 0 aliphatic carbocycles. The molecule has 1 aromatic carbocycles. The van der Waals surface area contributed by atoms with Gasteiger partial charge in [0.1, 0.15) is 13.1 Å². The highest BCUT2D eigenvalue weighted by Crippen LogP contribution is 2.25. The number of carbonyl (C=O) groups is 2. The largest absolute Gasteiger partial charge is 0.468 e. The summed E-state index contributed by atoms with van der Waals surface area (Å²) in [4.78, 5) is 54.0. The van der Waals surface area contributed by atoms with Crippen LogP contribution in [0.4, 0.5) is 0 Å². The van der Waals surface area contributed by atoms with E-state index in [2.05, 4.69) is 9.72 Å². The van der Waals surface area contributed by atoms with Crippen molar-refractivity contribution < 1.29 is 19.1 Å². The number of hydrogen-bond acceptors (Lipinski definition) is 7. The van der Waals surface area contributed by atoms with Crippen molar-refractivity contribution in [2.24, 2.45) is 7.05 Å². The normalized spacial score (nSPS) is 11.2. The maximum Gasteiger partial charge on any atom is 0.333 e. The van der Waals surface area contributed by atoms with Crippen molar-refractivity contribution in [2.45, 2.75) is 13.1 Å². The van der Waals surface area contributed by atoms with E-state index in [-0.39, 0.29) is 23.5 Å². The number of imidazole rings is 2. The third kappa shape index (κ3) is 3.19. The molecule has 0 saturated carbocycles. The fraction of sp³-hybridized carbons (Fsp3) is 0.250. The molecule has 0 aliphatic heterocycles. The van der Waals surface area contributed by atoms with Crippen LogP contribution in [0.3, 0.4) is 0 Å². The highest BCUT2D eigenvalue weighted by molar-refractivity contribution is 5.80. The summed E-state index contributed by atoms with van der Waals surface area (Å²) in [5.41, 5.74) is 0.261. The first-order valence-electron chi connectivity index (χ1n) is 9.27. The number of carbonyl (C=O) groups excluding carboxylic acids is 2. The number of hydrogen-bond donors (Lipinski definition) is 0. The van der Waals surface area contributed by atoms with Crippen molar-refractivity contribution >= 4 is 28.9 Å². The quantitative estimate of drug-likeness (QED) is 0.418. The lowest BCUT2D eigenvalue weighted by atomic mass is 10.2. The summed E-state index contributed by atoms with van der Waals surface area (Å²) in [6.07, 6.45) is 1.66. The minimum Gasteiger partial charge on any atom is -0.468 e. The van der Waals surface area contributed by atoms with Crippen LogP contribution in [0.15, 0.2) is 46.1 Å². The Kier molecular flexibility index (Phi) is 4.93. The van der Waals surface area contributed by atoms with Crippen molar-refractivity contribution in [1.82, 2.24) is 23.1 Å². The van der Waals surface area contributed by atoms with Crippen LogP contribution in [-0.2, 0) is 39.2 Å². The second kappa shape index (κ2) is 7.59. The van der Waals surface area contributed by atoms with Crippen LogP contribution in [0.2, 0.25) is 0 Å². The highest BCUT2D eigenvalue weighted by atomic mass is 16.5. The molecule has 3 aromatic heterocycles. The van der Waals surface area contributed by atoms with Gasteiger partial charge in [-0.15, -0.1) is 0 Å². The molecule has 160 valence electrons. The van der Waals surface area contributed by atoms with E-state index in [0.29, 0.717) is 5.69 Å². The molecule has 0 bridgehead atoms. The zero-order chi connectivity index (χ0) is 22.3. The van der Waals surface area contributed by atoms with E-state index in [4.69, 9.17) is 4.74 Å². The second-order valence-corrected chi connectivity index (χ2v) is 6.81. The summed E-state index contributed by atoms with van der Waals surface area (Å²) >= 11 is 0. The molecular weight excluding hydrogens is 406 g/mol. The van der Waals surface area contributed by atoms with Crippen molar-refractivity contribution in [2.75, 3.05) is 14.2 Å². The number of esters is 2. The van der Waals surface area contributed by atoms with Gasteiger partial charge in [-0.05, 0) is 5.56 Å². The van der Waals surface area contributed by atoms with Gasteiger partial charge in [0.25, 0.3) is 5.56 Å². The van der Waals surface area contributed by atoms with Gasteiger partial charge in [-0.25, -0.2) is 9.36 Å². The molecule has 31 heavy (non-hydrogen) atoms. The Morgan fingerprint density at radius 1 is 0.968 bits per heavy atom. The zero-order valence-corrected chi connectivity index (χ0v) is 17.1. The predicted octanol–water partition coefficient (Wildman–Crippen LogP) is 0.162. The average Bonchev–Trinajstić information content (AvgIpc) is 3.32. The average molecular weight is 425 g/mol. The van der Waals surface area contributed by atoms with Crippen LogP contribution in [0.1, 0.15) is 0 Å². The maximum atomic E-state index is 13.1. The molecule has 0 N–H and O–H groups in total. The van der Waals surface area contributed by atoms with Crippen LogP contribution >= 0.6 is 0 Å². The van der Waals surface area contributed by atoms with Crippen molar-refractivity contribution in [3.05, 3.63) is 57.4 Å². The first kappa shape index (κ1) is 20.1. The molecular formula is C20H19N5O6. The van der Waals surface area contributed by atoms with E-state index in [1.165, 1.54) is 30.2 Å². The molecule has 11 nitrogen and oxygen atoms in total. The fourth-order valence-corrected chi connectivity index (χ4v) is 3.46. The summed E-state index contributed by atoms with van der Waals surface area (Å²) in [7, 11) is 3.90. The topological polar surface area (TPSA) is 119 Å². The van der Waals surface area contributed by atoms with Gasteiger partial charge >= 0.3 is 17.6 Å². The number of benzene rings is 1. The van der Waals surface area contributed by atoms with E-state index in [1.807, 2.05) is 30.3 Å². The number of rotatable bonds is 5. The van der Waals surface area contributed by atoms with Crippen molar-refractivity contribution in [3.63, 3.8) is 0 Å². The van der Waals surface area contributed by atoms with Gasteiger partial charge < -0.3 is 9.47 Å². The zero-order valence-electron chi connectivity index (χ0n) is 17.1. The smallest absolute Gasteiger partial charge is 0.333 e. The van der Waals surface area contributed by atoms with Gasteiger partial charge in [0.15, 0.2) is 11.2 Å². The monoisotopic (exact) mass is 425 g/mol. The lowest BCUT2D eigenvalue weighted by Gasteiger charge is -2.08. The molecule has 0 aliphatic rings. The number of aromatic nitrogens is 5. The molecule has 4 rings (SSSR count). The molecule has 0 saturated heterocycles. The van der Waals surface area contributed by atoms with Gasteiger partial charge in [0.05, 0.1) is 19.9 Å². The minimum absolute atomic E-state index is 0.0989. The van der Waals surface area contributed by atoms with E-state index in [9.17, 15) is 19.2 Å². The van der Waals surface area contributed by atoms with E-state index < -0.39 is 29.7 Å². The SMILES string of the molecule is COC(=O)Cn1c(=O)c2c(nc3n(CC(=O)OC)c(-c4ccccc4)cn23)n(C)c1=O. The van der Waals surface area contributed by atoms with Crippen molar-refractivity contribution in [3.8, 4) is 11.3 Å². The Morgan fingerprint density at radius 3 is 2.19 bits per heavy atom. The Morgan fingerprint density at radius 2 is 1.58 bits per heavy atom. The third-order valence-corrected chi connectivity index (χ3v) is 5.04. The van der Waals surface area contributed by atoms with Gasteiger partial charge in [-0.2, -0.15) is 4.98 Å². The first-order valence-corrected chi connectivity index (χ1v) is 9.27. The van der Waals surface area contributed by atoms with E-state index in [1.54, 1.807) is 10.8 Å². The Labute approximate surface area is 174 Å². The first-order chi connectivity index (χ1) is 14.9. The molecule has 0 radical (unpaired) electrons. The summed E-state index contributed by atoms with van der Waals surface area (Å²) < 4.78 is 14.5. The summed E-state index contributed by atoms with van der Waals surface area (Å²) in [6, 6.07) is 9.27. The Hall–Kier alpha value is -4.15. The van der Waals surface area contributed by atoms with Crippen LogP contribution in [0.5, 0.6) is 0 Å². The summed E-state index contributed by atoms with van der Waals surface area (Å²) in [5.74, 6) is -0.950. The van der Waals surface area contributed by atoms with Crippen LogP contribution in [0.25, 0.3) is 28.2 Å². The molecule has 0 amide bonds. The highest BCUT2D eigenvalue weighted by Gasteiger charge is 2.23. The summed E-state index contributed by atoms with van der Waals surface area (Å²) in [5, 5.41) is 0. The fourth-order valence-electron chi connectivity index (χ4n) is 3.46. The summed E-state index contributed by atoms with van der Waals surface area (Å²) in [6.45, 7) is -0.676. The lowest BCUT2D eigenvalue weighted by Crippen LogP contribution is -2.41. The van der Waals surface area contributed by atoms with Gasteiger partial charge in [0.2, 0.25) is 5.78 Å². The number of fused-ring (bicyclic) bond motifs is 3. The van der Waals surface area contributed by atoms with E-state index in [0.717, 1.165) is 10.1 Å². The number of ether oxygens (including phenoxy) is 2. The minimum atomic E-state index is -0.729. The van der Waals surface area contributed by atoms with Crippen molar-refractivity contribution in [1.29, 1.82) is 0 Å². The Bertz CT molecular complexity index is 1440. The second-order valence-electron chi connectivity index (χ2n) is 6.81. The third-order valence-electron chi connectivity index (χ3n) is 5.04. The number of methoxy groups -OCH3 is 2.